The lowest BCUT2D eigenvalue weighted by Crippen LogP contribution is -2.17. The van der Waals surface area contributed by atoms with Crippen molar-refractivity contribution in [1.82, 2.24) is 5.32 Å². The number of aryl methyl sites for hydroxylation is 1. The van der Waals surface area contributed by atoms with Gasteiger partial charge in [-0.1, -0.05) is 34.1 Å². The summed E-state index contributed by atoms with van der Waals surface area (Å²) in [7, 11) is 1.90. The number of nitrogens with one attached hydrogen (secondary N) is 1. The van der Waals surface area contributed by atoms with E-state index in [9.17, 15) is 4.39 Å². The Morgan fingerprint density at radius 1 is 1.00 bits per heavy atom. The van der Waals surface area contributed by atoms with E-state index in [1.807, 2.05) is 13.1 Å². The zero-order valence-electron chi connectivity index (χ0n) is 10.7. The van der Waals surface area contributed by atoms with E-state index in [-0.39, 0.29) is 11.9 Å². The fraction of sp³-hybridized carbons (Fsp3) is 0.200. The van der Waals surface area contributed by atoms with Crippen molar-refractivity contribution in [3.8, 4) is 0 Å². The first-order chi connectivity index (χ1) is 9.02. The van der Waals surface area contributed by atoms with E-state index < -0.39 is 0 Å². The van der Waals surface area contributed by atoms with E-state index in [1.54, 1.807) is 6.07 Å². The predicted molar refractivity (Wildman–Crippen MR) is 83.9 cm³/mol. The molecule has 0 saturated carbocycles. The van der Waals surface area contributed by atoms with E-state index in [0.717, 1.165) is 15.6 Å². The van der Waals surface area contributed by atoms with Crippen LogP contribution >= 0.6 is 31.9 Å². The van der Waals surface area contributed by atoms with Gasteiger partial charge in [0.2, 0.25) is 0 Å². The van der Waals surface area contributed by atoms with Crippen LogP contribution in [0, 0.1) is 12.7 Å². The number of halogens is 3. The van der Waals surface area contributed by atoms with Gasteiger partial charge in [-0.25, -0.2) is 4.39 Å². The second kappa shape index (κ2) is 6.16. The molecule has 2 rings (SSSR count). The van der Waals surface area contributed by atoms with Crippen molar-refractivity contribution in [2.75, 3.05) is 7.05 Å². The fourth-order valence-electron chi connectivity index (χ4n) is 2.01. The van der Waals surface area contributed by atoms with Gasteiger partial charge in [0.1, 0.15) is 5.82 Å². The minimum absolute atomic E-state index is 0.0359. The van der Waals surface area contributed by atoms with Crippen LogP contribution < -0.4 is 5.32 Å². The van der Waals surface area contributed by atoms with Gasteiger partial charge in [-0.15, -0.1) is 0 Å². The Morgan fingerprint density at radius 2 is 1.58 bits per heavy atom. The maximum atomic E-state index is 13.3. The highest BCUT2D eigenvalue weighted by Gasteiger charge is 2.14. The molecule has 4 heteroatoms. The van der Waals surface area contributed by atoms with Crippen molar-refractivity contribution in [3.05, 3.63) is 67.9 Å². The van der Waals surface area contributed by atoms with Crippen molar-refractivity contribution in [2.24, 2.45) is 0 Å². The van der Waals surface area contributed by atoms with Crippen molar-refractivity contribution < 1.29 is 4.39 Å². The van der Waals surface area contributed by atoms with Crippen molar-refractivity contribution in [1.29, 1.82) is 0 Å². The largest absolute Gasteiger partial charge is 0.309 e. The first kappa shape index (κ1) is 14.7. The average Bonchev–Trinajstić information content (AvgIpc) is 2.39. The Balaban J connectivity index is 2.43. The minimum Gasteiger partial charge on any atom is -0.309 e. The molecule has 0 aromatic heterocycles. The summed E-state index contributed by atoms with van der Waals surface area (Å²) in [4.78, 5) is 0. The zero-order valence-corrected chi connectivity index (χ0v) is 13.8. The van der Waals surface area contributed by atoms with Crippen LogP contribution in [-0.2, 0) is 0 Å². The summed E-state index contributed by atoms with van der Waals surface area (Å²) in [5.74, 6) is -0.247. The molecule has 0 saturated heterocycles. The Kier molecular flexibility index (Phi) is 4.76. The van der Waals surface area contributed by atoms with Crippen LogP contribution in [0.4, 0.5) is 4.39 Å². The number of benzene rings is 2. The Labute approximate surface area is 129 Å². The summed E-state index contributed by atoms with van der Waals surface area (Å²) in [6.45, 7) is 2.05. The molecule has 100 valence electrons. The van der Waals surface area contributed by atoms with Crippen LogP contribution in [-0.4, -0.2) is 7.05 Å². The summed E-state index contributed by atoms with van der Waals surface area (Å²) >= 11 is 6.78. The summed E-state index contributed by atoms with van der Waals surface area (Å²) in [5.41, 5.74) is 3.35. The standard InChI is InChI=1S/C15H14Br2FN/c1-9-3-4-10(7-12(9)16)15(19-2)11-5-6-14(18)13(17)8-11/h3-8,15,19H,1-2H3. The van der Waals surface area contributed by atoms with Crippen molar-refractivity contribution in [3.63, 3.8) is 0 Å². The van der Waals surface area contributed by atoms with E-state index in [4.69, 9.17) is 0 Å². The lowest BCUT2D eigenvalue weighted by Gasteiger charge is -2.18. The summed E-state index contributed by atoms with van der Waals surface area (Å²) < 4.78 is 14.9. The first-order valence-electron chi connectivity index (χ1n) is 5.91. The van der Waals surface area contributed by atoms with Gasteiger partial charge in [0.25, 0.3) is 0 Å². The first-order valence-corrected chi connectivity index (χ1v) is 7.50. The molecular formula is C15H14Br2FN. The maximum Gasteiger partial charge on any atom is 0.137 e. The molecule has 0 aliphatic heterocycles. The molecule has 1 atom stereocenters. The summed E-state index contributed by atoms with van der Waals surface area (Å²) in [5, 5.41) is 3.26. The summed E-state index contributed by atoms with van der Waals surface area (Å²) in [6, 6.07) is 11.4. The average molecular weight is 387 g/mol. The van der Waals surface area contributed by atoms with Gasteiger partial charge in [-0.05, 0) is 64.8 Å². The van der Waals surface area contributed by atoms with E-state index in [1.165, 1.54) is 11.6 Å². The highest BCUT2D eigenvalue weighted by molar-refractivity contribution is 9.10. The second-order valence-corrected chi connectivity index (χ2v) is 6.11. The van der Waals surface area contributed by atoms with Crippen LogP contribution in [0.2, 0.25) is 0 Å². The molecule has 0 bridgehead atoms. The molecule has 0 spiro atoms. The van der Waals surface area contributed by atoms with E-state index in [0.29, 0.717) is 4.47 Å². The zero-order chi connectivity index (χ0) is 14.0. The molecule has 0 aliphatic carbocycles. The Hall–Kier alpha value is -0.710. The maximum absolute atomic E-state index is 13.3. The lowest BCUT2D eigenvalue weighted by molar-refractivity contribution is 0.616. The highest BCUT2D eigenvalue weighted by atomic mass is 79.9. The van der Waals surface area contributed by atoms with Gasteiger partial charge in [0.05, 0.1) is 10.5 Å². The Bertz CT molecular complexity index is 547. The summed E-state index contributed by atoms with van der Waals surface area (Å²) in [6.07, 6.45) is 0. The van der Waals surface area contributed by atoms with Crippen molar-refractivity contribution >= 4 is 31.9 Å². The molecule has 19 heavy (non-hydrogen) atoms. The molecule has 2 aromatic carbocycles. The molecule has 0 radical (unpaired) electrons. The molecule has 2 aromatic rings. The Morgan fingerprint density at radius 3 is 2.11 bits per heavy atom. The van der Waals surface area contributed by atoms with E-state index >= 15 is 0 Å². The van der Waals surface area contributed by atoms with Gasteiger partial charge in [-0.2, -0.15) is 0 Å². The fourth-order valence-corrected chi connectivity index (χ4v) is 2.80. The number of rotatable bonds is 3. The third-order valence-corrected chi connectivity index (χ3v) is 4.56. The molecule has 0 aliphatic rings. The molecular weight excluding hydrogens is 373 g/mol. The second-order valence-electron chi connectivity index (χ2n) is 4.40. The third kappa shape index (κ3) is 3.25. The van der Waals surface area contributed by atoms with Crippen LogP contribution in [0.15, 0.2) is 45.3 Å². The molecule has 0 amide bonds. The smallest absolute Gasteiger partial charge is 0.137 e. The van der Waals surface area contributed by atoms with Gasteiger partial charge in [0, 0.05) is 4.47 Å². The van der Waals surface area contributed by atoms with Crippen LogP contribution in [0.1, 0.15) is 22.7 Å². The van der Waals surface area contributed by atoms with Gasteiger partial charge >= 0.3 is 0 Å². The SMILES string of the molecule is CNC(c1ccc(C)c(Br)c1)c1ccc(F)c(Br)c1. The van der Waals surface area contributed by atoms with Crippen LogP contribution in [0.25, 0.3) is 0 Å². The lowest BCUT2D eigenvalue weighted by atomic mass is 9.98. The molecule has 1 N–H and O–H groups in total. The van der Waals surface area contributed by atoms with Gasteiger partial charge in [0.15, 0.2) is 0 Å². The van der Waals surface area contributed by atoms with Crippen LogP contribution in [0.3, 0.4) is 0 Å². The molecule has 0 heterocycles. The normalized spacial score (nSPS) is 12.5. The highest BCUT2D eigenvalue weighted by Crippen LogP contribution is 2.28. The van der Waals surface area contributed by atoms with Crippen LogP contribution in [0.5, 0.6) is 0 Å². The quantitative estimate of drug-likeness (QED) is 0.785. The van der Waals surface area contributed by atoms with Gasteiger partial charge in [-0.3, -0.25) is 0 Å². The molecule has 0 fully saturated rings. The van der Waals surface area contributed by atoms with E-state index in [2.05, 4.69) is 62.3 Å². The van der Waals surface area contributed by atoms with Crippen molar-refractivity contribution in [2.45, 2.75) is 13.0 Å². The minimum atomic E-state index is -0.247. The molecule has 1 nitrogen and oxygen atoms in total. The van der Waals surface area contributed by atoms with Gasteiger partial charge < -0.3 is 5.32 Å². The number of hydrogen-bond donors (Lipinski definition) is 1. The predicted octanol–water partition coefficient (Wildman–Crippen LogP) is 4.97. The monoisotopic (exact) mass is 385 g/mol. The third-order valence-electron chi connectivity index (χ3n) is 3.09. The topological polar surface area (TPSA) is 12.0 Å². The molecule has 1 unspecified atom stereocenters. The number of hydrogen-bond acceptors (Lipinski definition) is 1.